The SMILES string of the molecule is C=CCc1ccc(OC2OC3C(CCCO)OC#CCC(O)C4CC2(OC(CCC2NC(C(C)O)C=CC2C)=CC42C=CC4C(O)(CC5C(c6ccc(C(=O)O)cc6)CCC6CCCC654)C2)C(O)C3O)cc1CC(COC)C(CO)n1ccc(C#N)c1. The van der Waals surface area contributed by atoms with Crippen molar-refractivity contribution in [2.75, 3.05) is 26.9 Å². The number of nitriles is 1. The number of nitrogens with one attached hydrogen (secondary N) is 1. The van der Waals surface area contributed by atoms with Gasteiger partial charge in [-0.15, -0.1) is 6.58 Å². The molecule has 3 saturated carbocycles. The molecule has 1 aromatic heterocycles. The Hall–Kier alpha value is -5.80. The average molecular weight is 1200 g/mol. The molecule has 5 aliphatic heterocycles. The maximum atomic E-state index is 14.0. The zero-order chi connectivity index (χ0) is 61.4. The molecule has 0 radical (unpaired) electrons. The number of aliphatic hydroxyl groups is 7. The van der Waals surface area contributed by atoms with Gasteiger partial charge >= 0.3 is 5.97 Å². The number of hydrogen-bond donors (Lipinski definition) is 9. The van der Waals surface area contributed by atoms with Gasteiger partial charge in [-0.2, -0.15) is 5.26 Å². The number of fused-ring (bicyclic) bond motifs is 7. The van der Waals surface area contributed by atoms with E-state index in [-0.39, 0.29) is 105 Å². The van der Waals surface area contributed by atoms with Gasteiger partial charge in [0.25, 0.3) is 0 Å². The Bertz CT molecular complexity index is 3140. The zero-order valence-corrected chi connectivity index (χ0v) is 50.4. The number of benzene rings is 2. The number of ether oxygens (including phenoxy) is 5. The molecule has 17 heteroatoms. The minimum Gasteiger partial charge on any atom is -0.482 e. The van der Waals surface area contributed by atoms with Gasteiger partial charge in [0.2, 0.25) is 6.29 Å². The predicted octanol–water partition coefficient (Wildman–Crippen LogP) is 7.56. The fourth-order valence-corrected chi connectivity index (χ4v) is 17.7. The van der Waals surface area contributed by atoms with Crippen LogP contribution in [-0.4, -0.2) is 145 Å². The number of carbonyl (C=O) groups is 1. The highest BCUT2D eigenvalue weighted by molar-refractivity contribution is 5.87. The van der Waals surface area contributed by atoms with Gasteiger partial charge in [0, 0.05) is 74.6 Å². The number of hydrogen-bond acceptors (Lipinski definition) is 15. The summed E-state index contributed by atoms with van der Waals surface area (Å²) in [5, 5.41) is 108. The van der Waals surface area contributed by atoms with E-state index in [4.69, 9.17) is 23.7 Å². The summed E-state index contributed by atoms with van der Waals surface area (Å²) >= 11 is 0. The molecule has 4 fully saturated rings. The number of allylic oxidation sites excluding steroid dienone is 4. The van der Waals surface area contributed by atoms with Crippen LogP contribution in [0.25, 0.3) is 0 Å². The highest BCUT2D eigenvalue weighted by Crippen LogP contribution is 2.74. The zero-order valence-electron chi connectivity index (χ0n) is 50.4. The number of nitrogens with zero attached hydrogens (tertiary/aromatic N) is 2. The molecule has 12 rings (SSSR count). The summed E-state index contributed by atoms with van der Waals surface area (Å²) in [4.78, 5) is 12.0. The maximum Gasteiger partial charge on any atom is 0.335 e. The molecule has 17 nitrogen and oxygen atoms in total. The molecule has 1 saturated heterocycles. The van der Waals surface area contributed by atoms with Crippen molar-refractivity contribution in [3.8, 4) is 23.8 Å². The van der Waals surface area contributed by atoms with Crippen LogP contribution in [0, 0.1) is 69.7 Å². The van der Waals surface area contributed by atoms with Crippen molar-refractivity contribution < 1.29 is 69.3 Å². The Morgan fingerprint density at radius 3 is 2.57 bits per heavy atom. The molecule has 3 spiro atoms. The first-order chi connectivity index (χ1) is 41.9. The molecule has 21 unspecified atom stereocenters. The number of aromatic carboxylic acids is 1. The fourth-order valence-electron chi connectivity index (χ4n) is 17.7. The lowest BCUT2D eigenvalue weighted by Gasteiger charge is -2.54. The smallest absolute Gasteiger partial charge is 0.335 e. The van der Waals surface area contributed by atoms with Crippen molar-refractivity contribution in [3.63, 3.8) is 0 Å². The van der Waals surface area contributed by atoms with E-state index in [0.29, 0.717) is 55.1 Å². The van der Waals surface area contributed by atoms with Crippen molar-refractivity contribution in [1.82, 2.24) is 9.88 Å². The van der Waals surface area contributed by atoms with E-state index in [1.165, 1.54) is 0 Å². The van der Waals surface area contributed by atoms with Crippen LogP contribution in [0.2, 0.25) is 0 Å². The van der Waals surface area contributed by atoms with Gasteiger partial charge in [-0.3, -0.25) is 0 Å². The van der Waals surface area contributed by atoms with Crippen LogP contribution in [0.5, 0.6) is 5.75 Å². The van der Waals surface area contributed by atoms with E-state index in [0.717, 1.165) is 48.8 Å². The molecule has 0 amide bonds. The van der Waals surface area contributed by atoms with Gasteiger partial charge in [-0.1, -0.05) is 67.8 Å². The standard InChI is InChI=1S/C70H89N3O14/c1-5-9-45-18-20-51(33-48(45)32-49(40-83-4)58(39-75)73-29-26-44(37-71)38-73)85-66-70-36-55(59(77)11-8-31-84-60(12-7-30-74)63(86-66)62(78)64(70)79)67(34-52(87-70)21-24-56-42(2)13-23-57(72-56)43(3)76)28-25-61-68(82,41-67)35-54-53(22-19-50-10-6-27-69(50,54)61)46-14-16-47(17-15-46)65(80)81/h5,13-18,20,23,25-26,28-29,33-34,38,42-43,49-50,53-64,66,72,74-79,82H,1,6-7,9-12,19,21-22,24,27,30,32,35-36,39-41H2,2-4H3,(H,80,81). The topological polar surface area (TPSA) is 266 Å². The molecular weight excluding hydrogens is 1110 g/mol. The molecule has 4 aliphatic carbocycles. The Kier molecular flexibility index (Phi) is 18.7. The maximum absolute atomic E-state index is 14.0. The summed E-state index contributed by atoms with van der Waals surface area (Å²) in [6.45, 7) is 7.75. The molecule has 9 aliphatic rings. The highest BCUT2D eigenvalue weighted by Gasteiger charge is 2.71. The molecule has 468 valence electrons. The van der Waals surface area contributed by atoms with Gasteiger partial charge in [-0.25, -0.2) is 4.79 Å². The molecule has 21 atom stereocenters. The molecule has 6 heterocycles. The number of aliphatic hydroxyl groups excluding tert-OH is 6. The van der Waals surface area contributed by atoms with Crippen LogP contribution in [0.3, 0.4) is 0 Å². The van der Waals surface area contributed by atoms with Crippen LogP contribution in [0.4, 0.5) is 0 Å². The normalized spacial score (nSPS) is 37.6. The van der Waals surface area contributed by atoms with E-state index >= 15 is 0 Å². The summed E-state index contributed by atoms with van der Waals surface area (Å²) in [5.74, 6) is 2.07. The summed E-state index contributed by atoms with van der Waals surface area (Å²) in [6, 6.07) is 15.9. The number of aromatic nitrogens is 1. The Balaban J connectivity index is 1.04. The Morgan fingerprint density at radius 2 is 1.85 bits per heavy atom. The van der Waals surface area contributed by atoms with Gasteiger partial charge in [0.15, 0.2) is 5.60 Å². The quantitative estimate of drug-likeness (QED) is 0.0390. The second kappa shape index (κ2) is 26.0. The van der Waals surface area contributed by atoms with Crippen LogP contribution < -0.4 is 10.1 Å². The van der Waals surface area contributed by atoms with E-state index in [2.05, 4.69) is 61.2 Å². The largest absolute Gasteiger partial charge is 0.482 e. The lowest BCUT2D eigenvalue weighted by Crippen LogP contribution is -2.71. The number of rotatable bonds is 20. The van der Waals surface area contributed by atoms with Crippen molar-refractivity contribution in [2.45, 2.75) is 188 Å². The second-order valence-electron chi connectivity index (χ2n) is 26.8. The minimum atomic E-state index is -1.97. The van der Waals surface area contributed by atoms with E-state index < -0.39 is 77.5 Å². The third-order valence-corrected chi connectivity index (χ3v) is 21.8. The molecule has 87 heavy (non-hydrogen) atoms. The van der Waals surface area contributed by atoms with Gasteiger partial charge in [0.05, 0.1) is 60.0 Å². The number of carboxylic acids is 1. The molecule has 2 aromatic carbocycles. The van der Waals surface area contributed by atoms with Gasteiger partial charge in [0.1, 0.15) is 42.3 Å². The first kappa shape index (κ1) is 62.8. The first-order valence-electron chi connectivity index (χ1n) is 31.7. The monoisotopic (exact) mass is 1200 g/mol. The van der Waals surface area contributed by atoms with Crippen LogP contribution in [0.1, 0.15) is 142 Å². The van der Waals surface area contributed by atoms with Crippen LogP contribution in [-0.2, 0) is 31.8 Å². The second-order valence-corrected chi connectivity index (χ2v) is 26.8. The predicted molar refractivity (Wildman–Crippen MR) is 323 cm³/mol. The van der Waals surface area contributed by atoms with Crippen molar-refractivity contribution in [3.05, 3.63) is 138 Å². The van der Waals surface area contributed by atoms with Crippen molar-refractivity contribution in [1.29, 1.82) is 5.26 Å². The van der Waals surface area contributed by atoms with Crippen molar-refractivity contribution >= 4 is 5.97 Å². The summed E-state index contributed by atoms with van der Waals surface area (Å²) in [6.07, 6.45) is 17.2. The Labute approximate surface area is 511 Å². The third-order valence-electron chi connectivity index (χ3n) is 21.8. The first-order valence-corrected chi connectivity index (χ1v) is 31.7. The molecule has 3 bridgehead atoms. The van der Waals surface area contributed by atoms with Crippen LogP contribution >= 0.6 is 0 Å². The average Bonchev–Trinajstić information content (AvgIpc) is 1.56. The fraction of sp³-hybridized carbons (Fsp3) is 0.600. The third kappa shape index (κ3) is 11.9. The minimum absolute atomic E-state index is 0.0552. The van der Waals surface area contributed by atoms with E-state index in [1.807, 2.05) is 47.1 Å². The van der Waals surface area contributed by atoms with E-state index in [1.54, 1.807) is 44.6 Å². The highest BCUT2D eigenvalue weighted by atomic mass is 16.7. The van der Waals surface area contributed by atoms with Crippen molar-refractivity contribution in [2.24, 2.45) is 46.3 Å². The van der Waals surface area contributed by atoms with Crippen LogP contribution in [0.15, 0.2) is 110 Å². The number of carboxylic acid groups (broad SMARTS) is 1. The molecule has 9 N–H and O–H groups in total. The summed E-state index contributed by atoms with van der Waals surface area (Å²) in [5.41, 5.74) is -1.11. The van der Waals surface area contributed by atoms with E-state index in [9.17, 15) is 50.9 Å². The lowest BCUT2D eigenvalue weighted by molar-refractivity contribution is -0.337. The Morgan fingerprint density at radius 1 is 1.03 bits per heavy atom. The summed E-state index contributed by atoms with van der Waals surface area (Å²) < 4.78 is 35.8. The summed E-state index contributed by atoms with van der Waals surface area (Å²) in [7, 11) is 1.61. The van der Waals surface area contributed by atoms with Gasteiger partial charge in [-0.05, 0) is 160 Å². The molecular formula is C70H89N3O14. The number of methoxy groups -OCH3 is 1. The molecule has 3 aromatic rings. The lowest BCUT2D eigenvalue weighted by atomic mass is 9.52. The van der Waals surface area contributed by atoms with Gasteiger partial charge < -0.3 is 74.4 Å².